The number of hydrogen-bond donors (Lipinski definition) is 1. The molecule has 0 radical (unpaired) electrons. The molecule has 0 saturated carbocycles. The van der Waals surface area contributed by atoms with Crippen molar-refractivity contribution in [2.24, 2.45) is 7.05 Å². The summed E-state index contributed by atoms with van der Waals surface area (Å²) in [4.78, 5) is 41.5. The molecule has 2 aromatic carbocycles. The number of carbonyl (C=O) groups is 3. The first-order valence-electron chi connectivity index (χ1n) is 11.8. The van der Waals surface area contributed by atoms with Crippen LogP contribution in [0.2, 0.25) is 0 Å². The number of pyridine rings is 1. The van der Waals surface area contributed by atoms with Crippen LogP contribution in [0.1, 0.15) is 45.3 Å². The molecule has 184 valence electrons. The molecule has 2 aromatic heterocycles. The predicted octanol–water partition coefficient (Wildman–Crippen LogP) is 4.05. The number of aromatic nitrogens is 3. The van der Waals surface area contributed by atoms with E-state index in [0.29, 0.717) is 40.1 Å². The van der Waals surface area contributed by atoms with Crippen molar-refractivity contribution >= 4 is 28.7 Å². The van der Waals surface area contributed by atoms with Gasteiger partial charge in [-0.3, -0.25) is 14.3 Å². The van der Waals surface area contributed by atoms with E-state index < -0.39 is 5.97 Å². The molecule has 0 atom stereocenters. The van der Waals surface area contributed by atoms with E-state index >= 15 is 0 Å². The maximum Gasteiger partial charge on any atom is 0.339 e. The Morgan fingerprint density at radius 2 is 1.75 bits per heavy atom. The Bertz CT molecular complexity index is 1410. The zero-order valence-electron chi connectivity index (χ0n) is 20.6. The lowest BCUT2D eigenvalue weighted by Crippen LogP contribution is -2.21. The molecular weight excluding hydrogens is 456 g/mol. The van der Waals surface area contributed by atoms with Crippen molar-refractivity contribution < 1.29 is 19.1 Å². The average Bonchev–Trinajstić information content (AvgIpc) is 3.18. The van der Waals surface area contributed by atoms with Gasteiger partial charge < -0.3 is 10.1 Å². The quantitative estimate of drug-likeness (QED) is 0.218. The van der Waals surface area contributed by atoms with Gasteiger partial charge in [0.1, 0.15) is 0 Å². The van der Waals surface area contributed by atoms with Gasteiger partial charge in [0.25, 0.3) is 0 Å². The number of aryl methyl sites for hydroxylation is 3. The number of amides is 1. The van der Waals surface area contributed by atoms with Crippen LogP contribution in [0, 0.1) is 6.92 Å². The highest BCUT2D eigenvalue weighted by Gasteiger charge is 2.21. The second-order valence-corrected chi connectivity index (χ2v) is 8.61. The molecule has 0 spiro atoms. The normalized spacial score (nSPS) is 10.9. The van der Waals surface area contributed by atoms with Crippen molar-refractivity contribution in [1.29, 1.82) is 0 Å². The highest BCUT2D eigenvalue weighted by atomic mass is 16.5. The number of rotatable bonds is 9. The molecule has 1 N–H and O–H groups in total. The number of ether oxygens (including phenoxy) is 1. The monoisotopic (exact) mass is 484 g/mol. The second-order valence-electron chi connectivity index (χ2n) is 8.61. The van der Waals surface area contributed by atoms with E-state index in [1.165, 1.54) is 6.92 Å². The number of ketones is 1. The van der Waals surface area contributed by atoms with Gasteiger partial charge in [-0.25, -0.2) is 9.78 Å². The fourth-order valence-corrected chi connectivity index (χ4v) is 4.07. The second kappa shape index (κ2) is 10.9. The van der Waals surface area contributed by atoms with Crippen molar-refractivity contribution in [3.05, 3.63) is 83.0 Å². The lowest BCUT2D eigenvalue weighted by atomic mass is 10.0. The fraction of sp³-hybridized carbons (Fsp3) is 0.250. The van der Waals surface area contributed by atoms with Crippen molar-refractivity contribution in [1.82, 2.24) is 20.1 Å². The Kier molecular flexibility index (Phi) is 7.53. The van der Waals surface area contributed by atoms with Crippen LogP contribution in [0.25, 0.3) is 22.3 Å². The van der Waals surface area contributed by atoms with Crippen LogP contribution in [0.5, 0.6) is 0 Å². The minimum atomic E-state index is -0.598. The third-order valence-electron chi connectivity index (χ3n) is 5.88. The molecule has 0 bridgehead atoms. The van der Waals surface area contributed by atoms with E-state index in [9.17, 15) is 14.4 Å². The molecule has 8 heteroatoms. The van der Waals surface area contributed by atoms with Gasteiger partial charge in [-0.05, 0) is 31.4 Å². The topological polar surface area (TPSA) is 103 Å². The molecule has 0 aliphatic rings. The van der Waals surface area contributed by atoms with Gasteiger partial charge >= 0.3 is 5.97 Å². The molecule has 36 heavy (non-hydrogen) atoms. The van der Waals surface area contributed by atoms with Gasteiger partial charge in [0.15, 0.2) is 18.0 Å². The maximum atomic E-state index is 13.1. The minimum absolute atomic E-state index is 0.0482. The van der Waals surface area contributed by atoms with Crippen LogP contribution in [-0.4, -0.2) is 45.6 Å². The first kappa shape index (κ1) is 24.8. The Hall–Kier alpha value is -4.33. The first-order chi connectivity index (χ1) is 17.3. The number of benzene rings is 2. The predicted molar refractivity (Wildman–Crippen MR) is 137 cm³/mol. The van der Waals surface area contributed by atoms with Gasteiger partial charge in [0.05, 0.1) is 22.3 Å². The summed E-state index contributed by atoms with van der Waals surface area (Å²) in [5.41, 5.74) is 4.57. The molecule has 4 rings (SSSR count). The number of nitrogens with zero attached hydrogens (tertiary/aromatic N) is 3. The molecular formula is C28H28N4O4. The third kappa shape index (κ3) is 5.66. The molecule has 4 aromatic rings. The fourth-order valence-electron chi connectivity index (χ4n) is 4.07. The van der Waals surface area contributed by atoms with Crippen LogP contribution in [-0.2, 0) is 23.0 Å². The zero-order valence-corrected chi connectivity index (χ0v) is 20.6. The smallest absolute Gasteiger partial charge is 0.339 e. The molecule has 0 saturated heterocycles. The Balaban J connectivity index is 1.47. The van der Waals surface area contributed by atoms with Crippen molar-refractivity contribution in [2.45, 2.75) is 26.7 Å². The van der Waals surface area contributed by atoms with Crippen LogP contribution in [0.4, 0.5) is 0 Å². The van der Waals surface area contributed by atoms with Crippen LogP contribution < -0.4 is 5.32 Å². The number of fused-ring (bicyclic) bond motifs is 1. The zero-order chi connectivity index (χ0) is 25.7. The number of Topliss-reactive ketones (excluding diaryl/α,β-unsaturated/α-hetero) is 1. The van der Waals surface area contributed by atoms with Crippen molar-refractivity contribution in [3.63, 3.8) is 0 Å². The van der Waals surface area contributed by atoms with Crippen LogP contribution >= 0.6 is 0 Å². The SMILES string of the molecule is CC(=O)NCCCc1ccc(C(=O)COC(=O)c2cc(-c3ccccc3)nc3c2c(C)nn3C)cc1. The number of nitrogens with one attached hydrogen (secondary N) is 1. The van der Waals surface area contributed by atoms with Gasteiger partial charge in [-0.2, -0.15) is 5.10 Å². The Morgan fingerprint density at radius 1 is 1.03 bits per heavy atom. The van der Waals surface area contributed by atoms with Gasteiger partial charge in [-0.1, -0.05) is 54.6 Å². The van der Waals surface area contributed by atoms with Gasteiger partial charge in [0, 0.05) is 31.6 Å². The van der Waals surface area contributed by atoms with E-state index in [0.717, 1.165) is 24.0 Å². The summed E-state index contributed by atoms with van der Waals surface area (Å²) in [5.74, 6) is -0.934. The lowest BCUT2D eigenvalue weighted by molar-refractivity contribution is -0.118. The molecule has 0 unspecified atom stereocenters. The summed E-state index contributed by atoms with van der Waals surface area (Å²) >= 11 is 0. The largest absolute Gasteiger partial charge is 0.454 e. The molecule has 0 aliphatic heterocycles. The molecule has 0 aliphatic carbocycles. The summed E-state index contributed by atoms with van der Waals surface area (Å²) in [6.45, 7) is 3.54. The van der Waals surface area contributed by atoms with Crippen LogP contribution in [0.15, 0.2) is 60.7 Å². The molecule has 8 nitrogen and oxygen atoms in total. The summed E-state index contributed by atoms with van der Waals surface area (Å²) in [6, 6.07) is 18.5. The van der Waals surface area contributed by atoms with Crippen LogP contribution in [0.3, 0.4) is 0 Å². The minimum Gasteiger partial charge on any atom is -0.454 e. The van der Waals surface area contributed by atoms with Crippen molar-refractivity contribution in [3.8, 4) is 11.3 Å². The van der Waals surface area contributed by atoms with E-state index in [1.807, 2.05) is 49.4 Å². The number of hydrogen-bond acceptors (Lipinski definition) is 6. The van der Waals surface area contributed by atoms with E-state index in [2.05, 4.69) is 10.4 Å². The maximum absolute atomic E-state index is 13.1. The highest BCUT2D eigenvalue weighted by molar-refractivity contribution is 6.06. The molecule has 1 amide bonds. The van der Waals surface area contributed by atoms with E-state index in [1.54, 1.807) is 29.9 Å². The van der Waals surface area contributed by atoms with Gasteiger partial charge in [0.2, 0.25) is 5.91 Å². The number of esters is 1. The number of carbonyl (C=O) groups excluding carboxylic acids is 3. The third-order valence-corrected chi connectivity index (χ3v) is 5.88. The average molecular weight is 485 g/mol. The van der Waals surface area contributed by atoms with Gasteiger partial charge in [-0.15, -0.1) is 0 Å². The lowest BCUT2D eigenvalue weighted by Gasteiger charge is -2.09. The van der Waals surface area contributed by atoms with E-state index in [4.69, 9.17) is 9.72 Å². The summed E-state index contributed by atoms with van der Waals surface area (Å²) in [6.07, 6.45) is 1.60. The summed E-state index contributed by atoms with van der Waals surface area (Å²) in [7, 11) is 1.78. The standard InChI is InChI=1S/C28H28N4O4/c1-18-26-23(16-24(21-9-5-4-6-10-21)30-27(26)32(3)31-18)28(35)36-17-25(34)22-13-11-20(12-14-22)8-7-15-29-19(2)33/h4-6,9-14,16H,7-8,15,17H2,1-3H3,(H,29,33). The van der Waals surface area contributed by atoms with Crippen molar-refractivity contribution in [2.75, 3.05) is 13.2 Å². The molecule has 2 heterocycles. The highest BCUT2D eigenvalue weighted by Crippen LogP contribution is 2.27. The Morgan fingerprint density at radius 3 is 2.44 bits per heavy atom. The van der Waals surface area contributed by atoms with E-state index in [-0.39, 0.29) is 18.3 Å². The summed E-state index contributed by atoms with van der Waals surface area (Å²) < 4.78 is 7.08. The Labute approximate surface area is 209 Å². The first-order valence-corrected chi connectivity index (χ1v) is 11.8. The summed E-state index contributed by atoms with van der Waals surface area (Å²) in [5, 5.41) is 7.79. The molecule has 0 fully saturated rings.